The van der Waals surface area contributed by atoms with Crippen molar-refractivity contribution < 1.29 is 23.4 Å². The third-order valence-corrected chi connectivity index (χ3v) is 4.57. The SMILES string of the molecule is COC(=O)[C@H]1Oc2c(c(=O)oc3ccccc23)[C@@H]1c1ccc(OC)cc1. The molecule has 0 fully saturated rings. The van der Waals surface area contributed by atoms with E-state index in [-0.39, 0.29) is 0 Å². The van der Waals surface area contributed by atoms with Crippen LogP contribution in [0.1, 0.15) is 17.0 Å². The predicted molar refractivity (Wildman–Crippen MR) is 93.8 cm³/mol. The number of carbonyl (C=O) groups excluding carboxylic acids is 1. The number of benzene rings is 2. The van der Waals surface area contributed by atoms with Crippen LogP contribution in [-0.4, -0.2) is 26.3 Å². The summed E-state index contributed by atoms with van der Waals surface area (Å²) in [5.74, 6) is -0.129. The van der Waals surface area contributed by atoms with Crippen molar-refractivity contribution >= 4 is 16.9 Å². The lowest BCUT2D eigenvalue weighted by Crippen LogP contribution is -2.31. The third kappa shape index (κ3) is 2.42. The van der Waals surface area contributed by atoms with Crippen LogP contribution in [0.3, 0.4) is 0 Å². The number of fused-ring (bicyclic) bond motifs is 3. The highest BCUT2D eigenvalue weighted by Gasteiger charge is 2.44. The summed E-state index contributed by atoms with van der Waals surface area (Å²) in [6, 6.07) is 14.2. The summed E-state index contributed by atoms with van der Waals surface area (Å²) < 4.78 is 21.4. The average molecular weight is 352 g/mol. The van der Waals surface area contributed by atoms with Crippen molar-refractivity contribution in [2.24, 2.45) is 0 Å². The minimum absolute atomic E-state index is 0.323. The van der Waals surface area contributed by atoms with Gasteiger partial charge in [-0.2, -0.15) is 0 Å². The van der Waals surface area contributed by atoms with Gasteiger partial charge >= 0.3 is 11.6 Å². The monoisotopic (exact) mass is 352 g/mol. The Balaban J connectivity index is 1.95. The Kier molecular flexibility index (Phi) is 3.88. The number of para-hydroxylation sites is 1. The molecule has 132 valence electrons. The molecule has 2 atom stereocenters. The summed E-state index contributed by atoms with van der Waals surface area (Å²) in [4.78, 5) is 25.0. The maximum Gasteiger partial charge on any atom is 0.348 e. The second-order valence-electron chi connectivity index (χ2n) is 5.94. The highest BCUT2D eigenvalue weighted by molar-refractivity contribution is 5.88. The Morgan fingerprint density at radius 2 is 1.77 bits per heavy atom. The fourth-order valence-electron chi connectivity index (χ4n) is 3.33. The fraction of sp³-hybridized carbons (Fsp3) is 0.200. The van der Waals surface area contributed by atoms with E-state index in [0.29, 0.717) is 28.0 Å². The van der Waals surface area contributed by atoms with Gasteiger partial charge in [-0.3, -0.25) is 0 Å². The molecule has 0 unspecified atom stereocenters. The lowest BCUT2D eigenvalue weighted by molar-refractivity contribution is -0.148. The molecule has 0 N–H and O–H groups in total. The summed E-state index contributed by atoms with van der Waals surface area (Å²) >= 11 is 0. The molecule has 26 heavy (non-hydrogen) atoms. The van der Waals surface area contributed by atoms with E-state index in [4.69, 9.17) is 18.6 Å². The lowest BCUT2D eigenvalue weighted by Gasteiger charge is -2.17. The number of hydrogen-bond donors (Lipinski definition) is 0. The minimum Gasteiger partial charge on any atom is -0.497 e. The molecule has 3 aromatic rings. The normalized spacial score (nSPS) is 18.2. The maximum atomic E-state index is 12.7. The van der Waals surface area contributed by atoms with Crippen LogP contribution < -0.4 is 15.1 Å². The molecule has 6 heteroatoms. The Morgan fingerprint density at radius 3 is 2.46 bits per heavy atom. The second kappa shape index (κ2) is 6.22. The molecule has 0 saturated carbocycles. The molecule has 1 aliphatic rings. The standard InChI is InChI=1S/C20H16O6/c1-23-12-9-7-11(8-10-12)15-16-17(26-18(15)20(22)24-2)13-5-3-4-6-14(13)25-19(16)21/h3-10,15,18H,1-2H3/t15-,18-/m0/s1. The molecule has 0 aliphatic carbocycles. The van der Waals surface area contributed by atoms with E-state index in [9.17, 15) is 9.59 Å². The first-order valence-corrected chi connectivity index (χ1v) is 8.08. The number of rotatable bonds is 3. The van der Waals surface area contributed by atoms with Gasteiger partial charge < -0.3 is 18.6 Å². The molecular weight excluding hydrogens is 336 g/mol. The van der Waals surface area contributed by atoms with Gasteiger partial charge in [0.1, 0.15) is 17.1 Å². The van der Waals surface area contributed by atoms with Crippen LogP contribution in [-0.2, 0) is 9.53 Å². The van der Waals surface area contributed by atoms with E-state index in [1.54, 1.807) is 49.6 Å². The molecule has 4 rings (SSSR count). The second-order valence-corrected chi connectivity index (χ2v) is 5.94. The van der Waals surface area contributed by atoms with Gasteiger partial charge in [-0.1, -0.05) is 24.3 Å². The topological polar surface area (TPSA) is 75.0 Å². The summed E-state index contributed by atoms with van der Waals surface area (Å²) in [5, 5.41) is 0.645. The van der Waals surface area contributed by atoms with Crippen LogP contribution in [0.25, 0.3) is 11.0 Å². The molecule has 1 aliphatic heterocycles. The Morgan fingerprint density at radius 1 is 1.04 bits per heavy atom. The van der Waals surface area contributed by atoms with Crippen LogP contribution in [0, 0.1) is 0 Å². The van der Waals surface area contributed by atoms with E-state index in [1.165, 1.54) is 7.11 Å². The number of ether oxygens (including phenoxy) is 3. The Bertz CT molecular complexity index is 1030. The fourth-order valence-corrected chi connectivity index (χ4v) is 3.33. The number of methoxy groups -OCH3 is 2. The van der Waals surface area contributed by atoms with Crippen molar-refractivity contribution in [3.05, 3.63) is 70.1 Å². The van der Waals surface area contributed by atoms with E-state index < -0.39 is 23.6 Å². The summed E-state index contributed by atoms with van der Waals surface area (Å²) in [6.45, 7) is 0. The maximum absolute atomic E-state index is 12.7. The van der Waals surface area contributed by atoms with Crippen LogP contribution in [0.2, 0.25) is 0 Å². The molecule has 6 nitrogen and oxygen atoms in total. The van der Waals surface area contributed by atoms with Gasteiger partial charge in [-0.25, -0.2) is 9.59 Å². The zero-order valence-electron chi connectivity index (χ0n) is 14.2. The van der Waals surface area contributed by atoms with Crippen molar-refractivity contribution in [1.29, 1.82) is 0 Å². The van der Waals surface area contributed by atoms with Crippen molar-refractivity contribution in [2.45, 2.75) is 12.0 Å². The summed E-state index contributed by atoms with van der Waals surface area (Å²) in [6.07, 6.45) is -0.961. The van der Waals surface area contributed by atoms with Gasteiger partial charge in [0.15, 0.2) is 0 Å². The largest absolute Gasteiger partial charge is 0.497 e. The quantitative estimate of drug-likeness (QED) is 0.533. The predicted octanol–water partition coefficient (Wildman–Crippen LogP) is 2.87. The first kappa shape index (κ1) is 16.2. The molecule has 0 saturated heterocycles. The van der Waals surface area contributed by atoms with Gasteiger partial charge in [0.25, 0.3) is 0 Å². The Labute approximate surface area is 148 Å². The number of hydrogen-bond acceptors (Lipinski definition) is 6. The summed E-state index contributed by atoms with van der Waals surface area (Å²) in [5.41, 5.74) is 0.952. The molecule has 0 radical (unpaired) electrons. The molecule has 0 amide bonds. The van der Waals surface area contributed by atoms with Crippen molar-refractivity contribution in [2.75, 3.05) is 14.2 Å². The van der Waals surface area contributed by atoms with Crippen LogP contribution in [0.15, 0.2) is 57.7 Å². The van der Waals surface area contributed by atoms with Crippen LogP contribution >= 0.6 is 0 Å². The van der Waals surface area contributed by atoms with Crippen molar-refractivity contribution in [3.8, 4) is 11.5 Å². The molecular formula is C20H16O6. The van der Waals surface area contributed by atoms with E-state index in [2.05, 4.69) is 0 Å². The highest BCUT2D eigenvalue weighted by atomic mass is 16.6. The lowest BCUT2D eigenvalue weighted by atomic mass is 9.88. The van der Waals surface area contributed by atoms with E-state index in [1.807, 2.05) is 6.07 Å². The molecule has 2 aromatic carbocycles. The minimum atomic E-state index is -0.961. The Hall–Kier alpha value is -3.28. The molecule has 1 aromatic heterocycles. The van der Waals surface area contributed by atoms with Crippen LogP contribution in [0.5, 0.6) is 11.5 Å². The zero-order valence-corrected chi connectivity index (χ0v) is 14.2. The third-order valence-electron chi connectivity index (χ3n) is 4.57. The molecule has 2 heterocycles. The van der Waals surface area contributed by atoms with E-state index >= 15 is 0 Å². The average Bonchev–Trinajstić information content (AvgIpc) is 3.09. The first-order valence-electron chi connectivity index (χ1n) is 8.08. The number of esters is 1. The summed E-state index contributed by atoms with van der Waals surface area (Å²) in [7, 11) is 2.86. The first-order chi connectivity index (χ1) is 12.6. The smallest absolute Gasteiger partial charge is 0.348 e. The van der Waals surface area contributed by atoms with Gasteiger partial charge in [0.05, 0.1) is 31.1 Å². The molecule has 0 spiro atoms. The molecule has 0 bridgehead atoms. The van der Waals surface area contributed by atoms with Gasteiger partial charge in [0.2, 0.25) is 6.10 Å². The van der Waals surface area contributed by atoms with Crippen LogP contribution in [0.4, 0.5) is 0 Å². The number of carbonyl (C=O) groups is 1. The van der Waals surface area contributed by atoms with Crippen molar-refractivity contribution in [1.82, 2.24) is 0 Å². The van der Waals surface area contributed by atoms with Crippen molar-refractivity contribution in [3.63, 3.8) is 0 Å². The van der Waals surface area contributed by atoms with Gasteiger partial charge in [-0.05, 0) is 29.8 Å². The zero-order chi connectivity index (χ0) is 18.3. The van der Waals surface area contributed by atoms with Gasteiger partial charge in [-0.15, -0.1) is 0 Å². The van der Waals surface area contributed by atoms with Gasteiger partial charge in [0, 0.05) is 0 Å². The highest BCUT2D eigenvalue weighted by Crippen LogP contribution is 2.44. The van der Waals surface area contributed by atoms with E-state index in [0.717, 1.165) is 5.56 Å².